The van der Waals surface area contributed by atoms with Gasteiger partial charge in [-0.1, -0.05) is 15.9 Å². The number of alkyl halides is 1. The zero-order valence-corrected chi connectivity index (χ0v) is 9.39. The van der Waals surface area contributed by atoms with E-state index in [0.29, 0.717) is 10.9 Å². The van der Waals surface area contributed by atoms with Gasteiger partial charge >= 0.3 is 5.97 Å². The summed E-state index contributed by atoms with van der Waals surface area (Å²) in [5.41, 5.74) is 1.35. The van der Waals surface area contributed by atoms with Crippen LogP contribution < -0.4 is 0 Å². The van der Waals surface area contributed by atoms with Crippen molar-refractivity contribution in [1.29, 1.82) is 0 Å². The minimum atomic E-state index is -0.334. The van der Waals surface area contributed by atoms with Crippen molar-refractivity contribution >= 4 is 34.3 Å². The smallest absolute Gasteiger partial charge is 0.337 e. The minimum absolute atomic E-state index is 0. The monoisotopic (exact) mass is 265 g/mol. The van der Waals surface area contributed by atoms with E-state index in [1.807, 2.05) is 0 Å². The molecule has 0 aliphatic heterocycles. The first kappa shape index (κ1) is 12.4. The van der Waals surface area contributed by atoms with Gasteiger partial charge in [-0.15, -0.1) is 12.4 Å². The van der Waals surface area contributed by atoms with Gasteiger partial charge in [0, 0.05) is 11.5 Å². The van der Waals surface area contributed by atoms with Gasteiger partial charge in [0.05, 0.1) is 18.4 Å². The Labute approximate surface area is 91.0 Å². The number of ether oxygens (including phenoxy) is 1. The first-order valence-electron chi connectivity index (χ1n) is 3.37. The summed E-state index contributed by atoms with van der Waals surface area (Å²) in [6.45, 7) is 0. The molecule has 0 unspecified atom stereocenters. The maximum atomic E-state index is 11.0. The largest absolute Gasteiger partial charge is 0.465 e. The van der Waals surface area contributed by atoms with Crippen molar-refractivity contribution in [3.8, 4) is 0 Å². The van der Waals surface area contributed by atoms with Crippen LogP contribution in [0.4, 0.5) is 0 Å². The number of halogens is 2. The second-order valence-corrected chi connectivity index (χ2v) is 2.72. The van der Waals surface area contributed by atoms with E-state index in [4.69, 9.17) is 0 Å². The predicted molar refractivity (Wildman–Crippen MR) is 55.5 cm³/mol. The average Bonchev–Trinajstić information content (AvgIpc) is 2.17. The first-order valence-corrected chi connectivity index (χ1v) is 4.49. The molecule has 13 heavy (non-hydrogen) atoms. The number of methoxy groups -OCH3 is 1. The Bertz CT molecular complexity index is 293. The Kier molecular flexibility index (Phi) is 5.66. The molecule has 1 aromatic heterocycles. The lowest BCUT2D eigenvalue weighted by molar-refractivity contribution is 0.0600. The third kappa shape index (κ3) is 3.32. The quantitative estimate of drug-likeness (QED) is 0.608. The van der Waals surface area contributed by atoms with E-state index in [9.17, 15) is 4.79 Å². The molecule has 3 nitrogen and oxygen atoms in total. The highest BCUT2D eigenvalue weighted by Gasteiger charge is 2.04. The lowest BCUT2D eigenvalue weighted by Crippen LogP contribution is -2.02. The van der Waals surface area contributed by atoms with Crippen molar-refractivity contribution in [1.82, 2.24) is 4.98 Å². The zero-order chi connectivity index (χ0) is 8.97. The van der Waals surface area contributed by atoms with E-state index in [2.05, 4.69) is 25.7 Å². The molecule has 0 saturated carbocycles. The fraction of sp³-hybridized carbons (Fsp3) is 0.250. The summed E-state index contributed by atoms with van der Waals surface area (Å²) < 4.78 is 4.55. The molecule has 0 atom stereocenters. The predicted octanol–water partition coefficient (Wildman–Crippen LogP) is 2.18. The van der Waals surface area contributed by atoms with Gasteiger partial charge in [0.2, 0.25) is 0 Å². The maximum absolute atomic E-state index is 11.0. The topological polar surface area (TPSA) is 39.2 Å². The summed E-state index contributed by atoms with van der Waals surface area (Å²) >= 11 is 3.25. The van der Waals surface area contributed by atoms with Crippen LogP contribution in [0.3, 0.4) is 0 Å². The zero-order valence-electron chi connectivity index (χ0n) is 6.99. The molecule has 0 aromatic carbocycles. The standard InChI is InChI=1S/C8H8BrNO2.ClH/c1-12-8(11)6-2-3-10-7(4-6)5-9;/h2-4H,5H2,1H3;1H. The van der Waals surface area contributed by atoms with Gasteiger partial charge in [0.25, 0.3) is 0 Å². The molecule has 0 saturated heterocycles. The van der Waals surface area contributed by atoms with Gasteiger partial charge in [-0.2, -0.15) is 0 Å². The second-order valence-electron chi connectivity index (χ2n) is 2.16. The number of pyridine rings is 1. The van der Waals surface area contributed by atoms with E-state index in [-0.39, 0.29) is 18.4 Å². The van der Waals surface area contributed by atoms with E-state index in [1.54, 1.807) is 18.3 Å². The van der Waals surface area contributed by atoms with Crippen molar-refractivity contribution in [3.05, 3.63) is 29.6 Å². The van der Waals surface area contributed by atoms with Gasteiger partial charge in [-0.3, -0.25) is 4.98 Å². The molecule has 0 aliphatic carbocycles. The number of esters is 1. The minimum Gasteiger partial charge on any atom is -0.465 e. The first-order chi connectivity index (χ1) is 5.77. The Morgan fingerprint density at radius 2 is 2.38 bits per heavy atom. The van der Waals surface area contributed by atoms with Gasteiger partial charge in [0.15, 0.2) is 0 Å². The SMILES string of the molecule is COC(=O)c1ccnc(CBr)c1.Cl. The van der Waals surface area contributed by atoms with Gasteiger partial charge < -0.3 is 4.74 Å². The molecule has 72 valence electrons. The Morgan fingerprint density at radius 1 is 1.69 bits per heavy atom. The molecule has 5 heteroatoms. The number of aromatic nitrogens is 1. The lowest BCUT2D eigenvalue weighted by Gasteiger charge is -1.99. The lowest BCUT2D eigenvalue weighted by atomic mass is 10.2. The van der Waals surface area contributed by atoms with Crippen LogP contribution in [0.1, 0.15) is 16.1 Å². The molecular formula is C8H9BrClNO2. The van der Waals surface area contributed by atoms with Crippen molar-refractivity contribution < 1.29 is 9.53 Å². The van der Waals surface area contributed by atoms with Gasteiger partial charge in [0.1, 0.15) is 0 Å². The number of hydrogen-bond donors (Lipinski definition) is 0. The van der Waals surface area contributed by atoms with Crippen molar-refractivity contribution in [3.63, 3.8) is 0 Å². The summed E-state index contributed by atoms with van der Waals surface area (Å²) in [5.74, 6) is -0.334. The summed E-state index contributed by atoms with van der Waals surface area (Å²) in [7, 11) is 1.36. The van der Waals surface area contributed by atoms with Crippen LogP contribution >= 0.6 is 28.3 Å². The number of carbonyl (C=O) groups is 1. The Morgan fingerprint density at radius 3 is 2.92 bits per heavy atom. The van der Waals surface area contributed by atoms with Gasteiger partial charge in [-0.05, 0) is 12.1 Å². The summed E-state index contributed by atoms with van der Waals surface area (Å²) in [5, 5.41) is 0.637. The van der Waals surface area contributed by atoms with Gasteiger partial charge in [-0.25, -0.2) is 4.79 Å². The summed E-state index contributed by atoms with van der Waals surface area (Å²) in [6.07, 6.45) is 1.59. The maximum Gasteiger partial charge on any atom is 0.337 e. The van der Waals surface area contributed by atoms with Crippen LogP contribution in [0, 0.1) is 0 Å². The highest BCUT2D eigenvalue weighted by atomic mass is 79.9. The average molecular weight is 267 g/mol. The van der Waals surface area contributed by atoms with E-state index in [0.717, 1.165) is 5.69 Å². The molecule has 0 spiro atoms. The summed E-state index contributed by atoms with van der Waals surface area (Å²) in [4.78, 5) is 15.0. The van der Waals surface area contributed by atoms with Crippen LogP contribution in [0.25, 0.3) is 0 Å². The van der Waals surface area contributed by atoms with Crippen LogP contribution in [-0.4, -0.2) is 18.1 Å². The highest BCUT2D eigenvalue weighted by molar-refractivity contribution is 9.08. The van der Waals surface area contributed by atoms with Crippen LogP contribution in [-0.2, 0) is 10.1 Å². The van der Waals surface area contributed by atoms with E-state index < -0.39 is 0 Å². The van der Waals surface area contributed by atoms with Crippen LogP contribution in [0.2, 0.25) is 0 Å². The number of carbonyl (C=O) groups excluding carboxylic acids is 1. The third-order valence-electron chi connectivity index (χ3n) is 1.37. The van der Waals surface area contributed by atoms with E-state index in [1.165, 1.54) is 7.11 Å². The molecule has 1 aromatic rings. The van der Waals surface area contributed by atoms with Crippen LogP contribution in [0.15, 0.2) is 18.3 Å². The van der Waals surface area contributed by atoms with Crippen molar-refractivity contribution in [2.45, 2.75) is 5.33 Å². The van der Waals surface area contributed by atoms with Crippen molar-refractivity contribution in [2.24, 2.45) is 0 Å². The second kappa shape index (κ2) is 5.94. The fourth-order valence-electron chi connectivity index (χ4n) is 0.796. The molecule has 0 radical (unpaired) electrons. The molecular weight excluding hydrogens is 257 g/mol. The number of nitrogens with zero attached hydrogens (tertiary/aromatic N) is 1. The molecule has 0 bridgehead atoms. The van der Waals surface area contributed by atoms with E-state index >= 15 is 0 Å². The number of hydrogen-bond acceptors (Lipinski definition) is 3. The molecule has 1 rings (SSSR count). The Balaban J connectivity index is 0.00000144. The normalized spacial score (nSPS) is 8.77. The molecule has 0 aliphatic rings. The number of rotatable bonds is 2. The molecule has 0 amide bonds. The molecule has 0 fully saturated rings. The third-order valence-corrected chi connectivity index (χ3v) is 1.95. The van der Waals surface area contributed by atoms with Crippen LogP contribution in [0.5, 0.6) is 0 Å². The highest BCUT2D eigenvalue weighted by Crippen LogP contribution is 2.06. The Hall–Kier alpha value is -0.610. The molecule has 1 heterocycles. The summed E-state index contributed by atoms with van der Waals surface area (Å²) in [6, 6.07) is 3.32. The van der Waals surface area contributed by atoms with Crippen molar-refractivity contribution in [2.75, 3.05) is 7.11 Å². The fourth-order valence-corrected chi connectivity index (χ4v) is 1.10. The molecule has 0 N–H and O–H groups in total.